The summed E-state index contributed by atoms with van der Waals surface area (Å²) >= 11 is 0. The molecule has 0 amide bonds. The zero-order valence-electron chi connectivity index (χ0n) is 6.84. The molecule has 0 aliphatic heterocycles. The summed E-state index contributed by atoms with van der Waals surface area (Å²) in [5, 5.41) is 0. The molecule has 0 spiro atoms. The first-order valence-electron chi connectivity index (χ1n) is 4.41. The average molecular weight is 139 g/mol. The molecule has 1 heteroatoms. The van der Waals surface area contributed by atoms with E-state index >= 15 is 0 Å². The minimum Gasteiger partial charge on any atom is -0.297 e. The lowest BCUT2D eigenvalue weighted by Gasteiger charge is -2.22. The van der Waals surface area contributed by atoms with Gasteiger partial charge in [0.2, 0.25) is 0 Å². The number of rotatable bonds is 4. The topological polar surface area (TPSA) is 12.4 Å². The van der Waals surface area contributed by atoms with E-state index in [2.05, 4.69) is 18.1 Å². The van der Waals surface area contributed by atoms with Crippen LogP contribution < -0.4 is 0 Å². The SMILES string of the molecule is CCCC=NCC1CCC1. The van der Waals surface area contributed by atoms with Crippen molar-refractivity contribution in [3.05, 3.63) is 0 Å². The van der Waals surface area contributed by atoms with E-state index in [0.717, 1.165) is 18.9 Å². The Bertz CT molecular complexity index is 103. The van der Waals surface area contributed by atoms with E-state index in [1.807, 2.05) is 0 Å². The molecule has 0 heterocycles. The molecule has 0 saturated heterocycles. The van der Waals surface area contributed by atoms with Crippen molar-refractivity contribution in [1.29, 1.82) is 0 Å². The minimum absolute atomic E-state index is 0.938. The number of nitrogens with zero attached hydrogens (tertiary/aromatic N) is 1. The van der Waals surface area contributed by atoms with Crippen molar-refractivity contribution in [3.8, 4) is 0 Å². The normalized spacial score (nSPS) is 19.7. The maximum Gasteiger partial charge on any atom is 0.0413 e. The zero-order valence-corrected chi connectivity index (χ0v) is 6.84. The molecule has 0 N–H and O–H groups in total. The van der Waals surface area contributed by atoms with Gasteiger partial charge in [-0.25, -0.2) is 0 Å². The Morgan fingerprint density at radius 3 is 2.80 bits per heavy atom. The van der Waals surface area contributed by atoms with E-state index in [-0.39, 0.29) is 0 Å². The summed E-state index contributed by atoms with van der Waals surface area (Å²) in [4.78, 5) is 4.36. The first-order valence-corrected chi connectivity index (χ1v) is 4.41. The second-order valence-electron chi connectivity index (χ2n) is 3.13. The van der Waals surface area contributed by atoms with Gasteiger partial charge in [-0.15, -0.1) is 0 Å². The molecule has 58 valence electrons. The number of hydrogen-bond donors (Lipinski definition) is 0. The highest BCUT2D eigenvalue weighted by Gasteiger charge is 2.15. The number of hydrogen-bond acceptors (Lipinski definition) is 1. The van der Waals surface area contributed by atoms with E-state index < -0.39 is 0 Å². The van der Waals surface area contributed by atoms with Gasteiger partial charge in [0, 0.05) is 6.54 Å². The lowest BCUT2D eigenvalue weighted by atomic mass is 9.86. The molecule has 1 aliphatic rings. The van der Waals surface area contributed by atoms with Crippen LogP contribution in [0.4, 0.5) is 0 Å². The van der Waals surface area contributed by atoms with Gasteiger partial charge in [0.05, 0.1) is 0 Å². The van der Waals surface area contributed by atoms with Gasteiger partial charge in [-0.05, 0) is 31.4 Å². The highest BCUT2D eigenvalue weighted by molar-refractivity contribution is 5.56. The van der Waals surface area contributed by atoms with Crippen molar-refractivity contribution in [2.24, 2.45) is 10.9 Å². The van der Waals surface area contributed by atoms with Gasteiger partial charge in [0.1, 0.15) is 0 Å². The van der Waals surface area contributed by atoms with Crippen LogP contribution in [0.1, 0.15) is 39.0 Å². The summed E-state index contributed by atoms with van der Waals surface area (Å²) in [6, 6.07) is 0. The van der Waals surface area contributed by atoms with Crippen LogP contribution in [-0.2, 0) is 0 Å². The van der Waals surface area contributed by atoms with E-state index in [9.17, 15) is 0 Å². The van der Waals surface area contributed by atoms with Crippen molar-refractivity contribution in [2.45, 2.75) is 39.0 Å². The van der Waals surface area contributed by atoms with Crippen LogP contribution in [-0.4, -0.2) is 12.8 Å². The Balaban J connectivity index is 1.92. The zero-order chi connectivity index (χ0) is 7.23. The molecule has 1 rings (SSSR count). The minimum atomic E-state index is 0.938. The van der Waals surface area contributed by atoms with Gasteiger partial charge < -0.3 is 0 Å². The fraction of sp³-hybridized carbons (Fsp3) is 0.889. The van der Waals surface area contributed by atoms with Gasteiger partial charge in [0.15, 0.2) is 0 Å². The second kappa shape index (κ2) is 4.48. The van der Waals surface area contributed by atoms with Crippen molar-refractivity contribution in [3.63, 3.8) is 0 Å². The Hall–Kier alpha value is -0.330. The summed E-state index contributed by atoms with van der Waals surface area (Å²) in [6.45, 7) is 3.29. The smallest absolute Gasteiger partial charge is 0.0413 e. The second-order valence-corrected chi connectivity index (χ2v) is 3.13. The van der Waals surface area contributed by atoms with Crippen LogP contribution in [0.25, 0.3) is 0 Å². The third-order valence-electron chi connectivity index (χ3n) is 2.14. The third kappa shape index (κ3) is 2.51. The molecule has 0 aromatic rings. The average Bonchev–Trinajstić information content (AvgIpc) is 1.84. The van der Waals surface area contributed by atoms with Crippen LogP contribution in [0.3, 0.4) is 0 Å². The largest absolute Gasteiger partial charge is 0.297 e. The molecule has 0 bridgehead atoms. The molecule has 0 atom stereocenters. The van der Waals surface area contributed by atoms with Crippen LogP contribution in [0.15, 0.2) is 4.99 Å². The quantitative estimate of drug-likeness (QED) is 0.531. The summed E-state index contributed by atoms with van der Waals surface area (Å²) in [7, 11) is 0. The maximum absolute atomic E-state index is 4.36. The highest BCUT2D eigenvalue weighted by atomic mass is 14.7. The summed E-state index contributed by atoms with van der Waals surface area (Å²) in [5.41, 5.74) is 0. The van der Waals surface area contributed by atoms with E-state index in [1.165, 1.54) is 25.7 Å². The van der Waals surface area contributed by atoms with Crippen LogP contribution in [0.5, 0.6) is 0 Å². The summed E-state index contributed by atoms with van der Waals surface area (Å²) < 4.78 is 0. The van der Waals surface area contributed by atoms with Crippen LogP contribution in [0.2, 0.25) is 0 Å². The molecule has 0 unspecified atom stereocenters. The van der Waals surface area contributed by atoms with Gasteiger partial charge in [0.25, 0.3) is 0 Å². The predicted octanol–water partition coefficient (Wildman–Crippen LogP) is 2.66. The Morgan fingerprint density at radius 2 is 2.30 bits per heavy atom. The molecule has 10 heavy (non-hydrogen) atoms. The first kappa shape index (κ1) is 7.77. The van der Waals surface area contributed by atoms with Crippen molar-refractivity contribution in [2.75, 3.05) is 6.54 Å². The van der Waals surface area contributed by atoms with Gasteiger partial charge in [-0.1, -0.05) is 19.8 Å². The highest BCUT2D eigenvalue weighted by Crippen LogP contribution is 2.25. The Kier molecular flexibility index (Phi) is 3.48. The molecular weight excluding hydrogens is 122 g/mol. The van der Waals surface area contributed by atoms with Gasteiger partial charge >= 0.3 is 0 Å². The lowest BCUT2D eigenvalue weighted by molar-refractivity contribution is 0.326. The Morgan fingerprint density at radius 1 is 1.50 bits per heavy atom. The standard InChI is InChI=1S/C9H17N/c1-2-3-7-10-8-9-5-4-6-9/h7,9H,2-6,8H2,1H3. The molecule has 1 nitrogen and oxygen atoms in total. The third-order valence-corrected chi connectivity index (χ3v) is 2.14. The summed E-state index contributed by atoms with van der Waals surface area (Å²) in [6.07, 6.45) is 8.75. The molecule has 1 aliphatic carbocycles. The van der Waals surface area contributed by atoms with Crippen molar-refractivity contribution >= 4 is 6.21 Å². The molecule has 0 radical (unpaired) electrons. The van der Waals surface area contributed by atoms with E-state index in [0.29, 0.717) is 0 Å². The predicted molar refractivity (Wildman–Crippen MR) is 45.6 cm³/mol. The summed E-state index contributed by atoms with van der Waals surface area (Å²) in [5.74, 6) is 0.938. The van der Waals surface area contributed by atoms with Gasteiger partial charge in [-0.3, -0.25) is 4.99 Å². The maximum atomic E-state index is 4.36. The van der Waals surface area contributed by atoms with Crippen molar-refractivity contribution < 1.29 is 0 Å². The van der Waals surface area contributed by atoms with Crippen molar-refractivity contribution in [1.82, 2.24) is 0 Å². The Labute approximate surface area is 63.5 Å². The fourth-order valence-corrected chi connectivity index (χ4v) is 1.12. The molecule has 0 aromatic heterocycles. The molecule has 0 aromatic carbocycles. The first-order chi connectivity index (χ1) is 4.93. The molecule has 1 saturated carbocycles. The fourth-order valence-electron chi connectivity index (χ4n) is 1.12. The lowest BCUT2D eigenvalue weighted by Crippen LogP contribution is -2.13. The van der Waals surface area contributed by atoms with Crippen LogP contribution in [0, 0.1) is 5.92 Å². The van der Waals surface area contributed by atoms with E-state index in [1.54, 1.807) is 0 Å². The molecular formula is C9H17N. The van der Waals surface area contributed by atoms with E-state index in [4.69, 9.17) is 0 Å². The monoisotopic (exact) mass is 139 g/mol. The molecule has 1 fully saturated rings. The number of aliphatic imine (C=N–C) groups is 1. The van der Waals surface area contributed by atoms with Crippen LogP contribution >= 0.6 is 0 Å². The van der Waals surface area contributed by atoms with Gasteiger partial charge in [-0.2, -0.15) is 0 Å². The number of unbranched alkanes of at least 4 members (excludes halogenated alkanes) is 1.